The maximum absolute atomic E-state index is 12.3. The summed E-state index contributed by atoms with van der Waals surface area (Å²) in [4.78, 5) is 25.4. The van der Waals surface area contributed by atoms with Gasteiger partial charge in [-0.15, -0.1) is 11.3 Å². The van der Waals surface area contributed by atoms with Crippen LogP contribution in [-0.4, -0.2) is 11.9 Å². The number of carbonyl (C=O) groups is 2. The predicted molar refractivity (Wildman–Crippen MR) is 103 cm³/mol. The lowest BCUT2D eigenvalue weighted by atomic mass is 9.85. The average molecular weight is 378 g/mol. The Hall–Kier alpha value is -2.05. The van der Waals surface area contributed by atoms with Gasteiger partial charge in [-0.3, -0.25) is 10.1 Å². The number of hydrogen-bond donors (Lipinski definition) is 3. The minimum atomic E-state index is -0.491. The van der Waals surface area contributed by atoms with E-state index in [0.717, 1.165) is 36.1 Å². The van der Waals surface area contributed by atoms with Crippen LogP contribution in [-0.2, 0) is 12.8 Å². The number of carbonyl (C=O) groups excluding carboxylic acids is 2. The Bertz CT molecular complexity index is 801. The smallest absolute Gasteiger partial charge is 0.324 e. The van der Waals surface area contributed by atoms with Crippen molar-refractivity contribution in [3.05, 3.63) is 45.3 Å². The molecule has 1 aromatic carbocycles. The zero-order chi connectivity index (χ0) is 18.0. The summed E-state index contributed by atoms with van der Waals surface area (Å²) in [5, 5.41) is 6.63. The molecule has 1 aromatic heterocycles. The Morgan fingerprint density at radius 1 is 1.28 bits per heavy atom. The second kappa shape index (κ2) is 7.45. The number of urea groups is 1. The highest BCUT2D eigenvalue weighted by Gasteiger charge is 2.28. The van der Waals surface area contributed by atoms with Gasteiger partial charge in [-0.2, -0.15) is 0 Å². The maximum Gasteiger partial charge on any atom is 0.324 e. The fourth-order valence-electron chi connectivity index (χ4n) is 3.15. The van der Waals surface area contributed by atoms with Crippen molar-refractivity contribution >= 4 is 45.6 Å². The van der Waals surface area contributed by atoms with Gasteiger partial charge < -0.3 is 11.1 Å². The zero-order valence-electron chi connectivity index (χ0n) is 13.9. The summed E-state index contributed by atoms with van der Waals surface area (Å²) in [7, 11) is 0. The molecule has 1 aliphatic carbocycles. The van der Waals surface area contributed by atoms with Crippen LogP contribution in [0, 0.1) is 5.92 Å². The second-order valence-electron chi connectivity index (χ2n) is 6.18. The predicted octanol–water partition coefficient (Wildman–Crippen LogP) is 4.66. The monoisotopic (exact) mass is 377 g/mol. The lowest BCUT2D eigenvalue weighted by Gasteiger charge is -2.20. The highest BCUT2D eigenvalue weighted by molar-refractivity contribution is 7.17. The van der Waals surface area contributed by atoms with Gasteiger partial charge in [0.1, 0.15) is 5.00 Å². The number of amides is 3. The molecule has 7 heteroatoms. The van der Waals surface area contributed by atoms with Gasteiger partial charge in [-0.05, 0) is 55.0 Å². The molecule has 2 aromatic rings. The largest absolute Gasteiger partial charge is 0.365 e. The van der Waals surface area contributed by atoms with Gasteiger partial charge in [-0.1, -0.05) is 24.9 Å². The van der Waals surface area contributed by atoms with Gasteiger partial charge in [0, 0.05) is 15.6 Å². The lowest BCUT2D eigenvalue weighted by molar-refractivity contribution is 0.1000. The van der Waals surface area contributed by atoms with Crippen LogP contribution in [0.4, 0.5) is 15.5 Å². The van der Waals surface area contributed by atoms with Crippen LogP contribution >= 0.6 is 22.9 Å². The Morgan fingerprint density at radius 3 is 2.64 bits per heavy atom. The number of nitrogens with two attached hydrogens (primary N) is 1. The summed E-state index contributed by atoms with van der Waals surface area (Å²) in [6.45, 7) is 2.18. The first-order valence-corrected chi connectivity index (χ1v) is 9.45. The third kappa shape index (κ3) is 3.96. The minimum Gasteiger partial charge on any atom is -0.365 e. The van der Waals surface area contributed by atoms with E-state index >= 15 is 0 Å². The highest BCUT2D eigenvalue weighted by Crippen LogP contribution is 2.40. The summed E-state index contributed by atoms with van der Waals surface area (Å²) in [5.74, 6) is 0.136. The molecule has 1 atom stereocenters. The molecule has 0 bridgehead atoms. The Kier molecular flexibility index (Phi) is 5.30. The molecule has 25 heavy (non-hydrogen) atoms. The van der Waals surface area contributed by atoms with Crippen LogP contribution in [0.1, 0.15) is 40.6 Å². The quantitative estimate of drug-likeness (QED) is 0.723. The number of anilines is 2. The third-order valence-corrected chi connectivity index (χ3v) is 5.94. The molecule has 0 spiro atoms. The molecular formula is C18H20ClN3O2S. The van der Waals surface area contributed by atoms with Crippen LogP contribution in [0.3, 0.4) is 0 Å². The number of nitrogens with one attached hydrogen (secondary N) is 2. The van der Waals surface area contributed by atoms with E-state index in [0.29, 0.717) is 27.2 Å². The number of fused-ring (bicyclic) bond motifs is 1. The van der Waals surface area contributed by atoms with Crippen LogP contribution in [0.15, 0.2) is 24.3 Å². The SMILES string of the molecule is CC[C@H]1CCc2c(sc(NC(=O)Nc3ccc(Cl)cc3)c2C(N)=O)C1. The molecule has 5 nitrogen and oxygen atoms in total. The Balaban J connectivity index is 1.79. The standard InChI is InChI=1S/C18H20ClN3O2S/c1-2-10-3-8-13-14(9-10)25-17(15(13)16(20)23)22-18(24)21-12-6-4-11(19)5-7-12/h4-7,10H,2-3,8-9H2,1H3,(H2,20,23)(H2,21,22,24)/t10-/m0/s1. The first-order valence-electron chi connectivity index (χ1n) is 8.25. The number of thiophene rings is 1. The summed E-state index contributed by atoms with van der Waals surface area (Å²) in [6.07, 6.45) is 3.94. The number of rotatable bonds is 4. The van der Waals surface area contributed by atoms with Gasteiger partial charge in [0.25, 0.3) is 5.91 Å². The summed E-state index contributed by atoms with van der Waals surface area (Å²) in [5.41, 5.74) is 7.66. The summed E-state index contributed by atoms with van der Waals surface area (Å²) >= 11 is 7.29. The molecule has 132 valence electrons. The topological polar surface area (TPSA) is 84.2 Å². The Labute approximate surface area is 155 Å². The normalized spacial score (nSPS) is 16.2. The minimum absolute atomic E-state index is 0.407. The molecule has 0 saturated heterocycles. The van der Waals surface area contributed by atoms with E-state index in [9.17, 15) is 9.59 Å². The number of primary amides is 1. The summed E-state index contributed by atoms with van der Waals surface area (Å²) < 4.78 is 0. The highest BCUT2D eigenvalue weighted by atomic mass is 35.5. The molecular weight excluding hydrogens is 358 g/mol. The van der Waals surface area contributed by atoms with Gasteiger partial charge >= 0.3 is 6.03 Å². The van der Waals surface area contributed by atoms with Gasteiger partial charge in [0.05, 0.1) is 5.56 Å². The Morgan fingerprint density at radius 2 is 2.00 bits per heavy atom. The molecule has 4 N–H and O–H groups in total. The van der Waals surface area contributed by atoms with Crippen molar-refractivity contribution in [2.45, 2.75) is 32.6 Å². The molecule has 1 aliphatic rings. The van der Waals surface area contributed by atoms with Gasteiger partial charge in [-0.25, -0.2) is 4.79 Å². The van der Waals surface area contributed by atoms with E-state index in [1.165, 1.54) is 11.3 Å². The van der Waals surface area contributed by atoms with Crippen LogP contribution in [0.2, 0.25) is 5.02 Å². The van der Waals surface area contributed by atoms with E-state index in [4.69, 9.17) is 17.3 Å². The first kappa shape index (κ1) is 17.8. The fourth-order valence-corrected chi connectivity index (χ4v) is 4.64. The molecule has 0 unspecified atom stereocenters. The lowest BCUT2D eigenvalue weighted by Crippen LogP contribution is -2.22. The molecule has 0 radical (unpaired) electrons. The van der Waals surface area contributed by atoms with Gasteiger partial charge in [0.15, 0.2) is 0 Å². The van der Waals surface area contributed by atoms with Crippen molar-refractivity contribution in [1.29, 1.82) is 0 Å². The van der Waals surface area contributed by atoms with Gasteiger partial charge in [0.2, 0.25) is 0 Å². The van der Waals surface area contributed by atoms with Crippen molar-refractivity contribution in [3.8, 4) is 0 Å². The first-order chi connectivity index (χ1) is 12.0. The van der Waals surface area contributed by atoms with E-state index < -0.39 is 11.9 Å². The van der Waals surface area contributed by atoms with E-state index in [1.54, 1.807) is 24.3 Å². The van der Waals surface area contributed by atoms with Crippen molar-refractivity contribution < 1.29 is 9.59 Å². The number of benzene rings is 1. The van der Waals surface area contributed by atoms with Crippen molar-refractivity contribution in [2.24, 2.45) is 11.7 Å². The van der Waals surface area contributed by atoms with Crippen molar-refractivity contribution in [2.75, 3.05) is 10.6 Å². The zero-order valence-corrected chi connectivity index (χ0v) is 15.5. The van der Waals surface area contributed by atoms with Crippen LogP contribution in [0.25, 0.3) is 0 Å². The summed E-state index contributed by atoms with van der Waals surface area (Å²) in [6, 6.07) is 6.40. The van der Waals surface area contributed by atoms with E-state index in [-0.39, 0.29) is 0 Å². The van der Waals surface area contributed by atoms with Crippen LogP contribution < -0.4 is 16.4 Å². The fraction of sp³-hybridized carbons (Fsp3) is 0.333. The van der Waals surface area contributed by atoms with Crippen LogP contribution in [0.5, 0.6) is 0 Å². The van der Waals surface area contributed by atoms with E-state index in [2.05, 4.69) is 17.6 Å². The van der Waals surface area contributed by atoms with Crippen molar-refractivity contribution in [3.63, 3.8) is 0 Å². The molecule has 0 saturated carbocycles. The molecule has 0 aliphatic heterocycles. The maximum atomic E-state index is 12.3. The molecule has 1 heterocycles. The van der Waals surface area contributed by atoms with Crippen molar-refractivity contribution in [1.82, 2.24) is 0 Å². The average Bonchev–Trinajstić information content (AvgIpc) is 2.93. The number of halogens is 1. The molecule has 3 amide bonds. The van der Waals surface area contributed by atoms with E-state index in [1.807, 2.05) is 0 Å². The second-order valence-corrected chi connectivity index (χ2v) is 7.72. The number of hydrogen-bond acceptors (Lipinski definition) is 3. The molecule has 0 fully saturated rings. The molecule has 3 rings (SSSR count). The third-order valence-electron chi connectivity index (χ3n) is 4.52.